The molecule has 0 aliphatic carbocycles. The Kier molecular flexibility index (Phi) is 4.56. The normalized spacial score (nSPS) is 17.2. The first kappa shape index (κ1) is 15.2. The van der Waals surface area contributed by atoms with Crippen LogP contribution in [0.15, 0.2) is 47.3 Å². The molecule has 0 saturated carbocycles. The molecule has 1 aromatic carbocycles. The third kappa shape index (κ3) is 3.55. The van der Waals surface area contributed by atoms with Crippen molar-refractivity contribution in [1.29, 1.82) is 0 Å². The molecule has 0 atom stereocenters. The zero-order valence-electron chi connectivity index (χ0n) is 12.0. The monoisotopic (exact) mass is 335 g/mol. The van der Waals surface area contributed by atoms with E-state index in [-0.39, 0.29) is 0 Å². The van der Waals surface area contributed by atoms with Gasteiger partial charge in [-0.3, -0.25) is 0 Å². The number of piperazine rings is 1. The summed E-state index contributed by atoms with van der Waals surface area (Å²) >= 11 is 1.58. The fraction of sp³-hybridized carbons (Fsp3) is 0.267. The zero-order chi connectivity index (χ0) is 15.4. The molecule has 0 bridgehead atoms. The van der Waals surface area contributed by atoms with Crippen molar-refractivity contribution >= 4 is 32.6 Å². The van der Waals surface area contributed by atoms with Crippen LogP contribution in [-0.4, -0.2) is 43.9 Å². The number of hydrogen-bond acceptors (Lipinski definition) is 5. The Bertz CT molecular complexity index is 719. The van der Waals surface area contributed by atoms with Crippen LogP contribution in [-0.2, 0) is 10.0 Å². The van der Waals surface area contributed by atoms with E-state index in [2.05, 4.69) is 9.88 Å². The number of aromatic nitrogens is 1. The van der Waals surface area contributed by atoms with Crippen LogP contribution in [0.1, 0.15) is 5.56 Å². The minimum absolute atomic E-state index is 0.487. The molecule has 0 N–H and O–H groups in total. The van der Waals surface area contributed by atoms with Crippen molar-refractivity contribution in [3.8, 4) is 0 Å². The Morgan fingerprint density at radius 2 is 1.82 bits per heavy atom. The molecule has 22 heavy (non-hydrogen) atoms. The highest BCUT2D eigenvalue weighted by Gasteiger charge is 2.25. The van der Waals surface area contributed by atoms with Crippen LogP contribution < -0.4 is 4.90 Å². The van der Waals surface area contributed by atoms with E-state index in [1.807, 2.05) is 35.7 Å². The molecule has 2 aromatic rings. The van der Waals surface area contributed by atoms with Crippen LogP contribution >= 0.6 is 11.3 Å². The van der Waals surface area contributed by atoms with Gasteiger partial charge in [0.1, 0.15) is 0 Å². The number of sulfonamides is 1. The molecule has 1 fully saturated rings. The maximum Gasteiger partial charge on any atom is 0.236 e. The summed E-state index contributed by atoms with van der Waals surface area (Å²) in [5.41, 5.74) is 0.882. The number of nitrogens with zero attached hydrogens (tertiary/aromatic N) is 3. The lowest BCUT2D eigenvalue weighted by atomic mass is 10.2. The van der Waals surface area contributed by atoms with Crippen LogP contribution in [0.25, 0.3) is 6.08 Å². The van der Waals surface area contributed by atoms with Gasteiger partial charge in [-0.15, -0.1) is 11.3 Å². The van der Waals surface area contributed by atoms with E-state index in [0.29, 0.717) is 26.2 Å². The Morgan fingerprint density at radius 3 is 2.45 bits per heavy atom. The third-order valence-corrected chi connectivity index (χ3v) is 5.92. The highest BCUT2D eigenvalue weighted by Crippen LogP contribution is 2.20. The Hall–Kier alpha value is -1.70. The Balaban J connectivity index is 1.63. The van der Waals surface area contributed by atoms with Gasteiger partial charge in [0, 0.05) is 43.2 Å². The first-order valence-corrected chi connectivity index (χ1v) is 9.41. The van der Waals surface area contributed by atoms with Gasteiger partial charge in [0.2, 0.25) is 10.0 Å². The molecule has 0 amide bonds. The lowest BCUT2D eigenvalue weighted by molar-refractivity contribution is 0.390. The molecule has 2 heterocycles. The number of rotatable bonds is 4. The van der Waals surface area contributed by atoms with Crippen molar-refractivity contribution in [2.24, 2.45) is 0 Å². The quantitative estimate of drug-likeness (QED) is 0.860. The van der Waals surface area contributed by atoms with Crippen molar-refractivity contribution in [2.75, 3.05) is 31.1 Å². The van der Waals surface area contributed by atoms with Gasteiger partial charge in [-0.05, 0) is 11.6 Å². The van der Waals surface area contributed by atoms with Crippen molar-refractivity contribution in [3.63, 3.8) is 0 Å². The average Bonchev–Trinajstić information content (AvgIpc) is 3.09. The van der Waals surface area contributed by atoms with Gasteiger partial charge in [-0.1, -0.05) is 30.3 Å². The van der Waals surface area contributed by atoms with Gasteiger partial charge in [0.25, 0.3) is 0 Å². The van der Waals surface area contributed by atoms with Gasteiger partial charge in [-0.25, -0.2) is 13.4 Å². The SMILES string of the molecule is O=S(=O)(/C=C/c1ccccc1)N1CCN(c2nccs2)CC1. The molecule has 0 spiro atoms. The first-order chi connectivity index (χ1) is 10.6. The van der Waals surface area contributed by atoms with Crippen LogP contribution in [0.2, 0.25) is 0 Å². The van der Waals surface area contributed by atoms with E-state index in [1.54, 1.807) is 23.6 Å². The van der Waals surface area contributed by atoms with E-state index in [1.165, 1.54) is 9.71 Å². The van der Waals surface area contributed by atoms with E-state index < -0.39 is 10.0 Å². The van der Waals surface area contributed by atoms with Crippen molar-refractivity contribution in [3.05, 3.63) is 52.9 Å². The molecule has 0 radical (unpaired) electrons. The van der Waals surface area contributed by atoms with Crippen LogP contribution in [0.5, 0.6) is 0 Å². The number of benzene rings is 1. The van der Waals surface area contributed by atoms with E-state index >= 15 is 0 Å². The molecular weight excluding hydrogens is 318 g/mol. The minimum atomic E-state index is -3.36. The Morgan fingerprint density at radius 1 is 1.09 bits per heavy atom. The topological polar surface area (TPSA) is 53.5 Å². The molecule has 1 aromatic heterocycles. The minimum Gasteiger partial charge on any atom is -0.345 e. The fourth-order valence-corrected chi connectivity index (χ4v) is 4.19. The molecule has 0 unspecified atom stereocenters. The first-order valence-electron chi connectivity index (χ1n) is 7.03. The summed E-state index contributed by atoms with van der Waals surface area (Å²) in [5.74, 6) is 0. The van der Waals surface area contributed by atoms with Gasteiger partial charge < -0.3 is 4.90 Å². The van der Waals surface area contributed by atoms with Gasteiger partial charge >= 0.3 is 0 Å². The van der Waals surface area contributed by atoms with Crippen molar-refractivity contribution in [1.82, 2.24) is 9.29 Å². The highest BCUT2D eigenvalue weighted by molar-refractivity contribution is 7.92. The lowest BCUT2D eigenvalue weighted by Crippen LogP contribution is -2.48. The molecule has 5 nitrogen and oxygen atoms in total. The standard InChI is InChI=1S/C15H17N3O2S2/c19-22(20,13-6-14-4-2-1-3-5-14)18-10-8-17(9-11-18)15-16-7-12-21-15/h1-7,12-13H,8-11H2/b13-6+. The van der Waals surface area contributed by atoms with Gasteiger partial charge in [0.15, 0.2) is 5.13 Å². The predicted octanol–water partition coefficient (Wildman–Crippen LogP) is 2.27. The molecule has 116 valence electrons. The lowest BCUT2D eigenvalue weighted by Gasteiger charge is -2.33. The molecule has 1 saturated heterocycles. The maximum atomic E-state index is 12.4. The number of thiazole rings is 1. The third-order valence-electron chi connectivity index (χ3n) is 3.52. The zero-order valence-corrected chi connectivity index (χ0v) is 13.6. The summed E-state index contributed by atoms with van der Waals surface area (Å²) in [6.45, 7) is 2.32. The summed E-state index contributed by atoms with van der Waals surface area (Å²) in [4.78, 5) is 6.39. The number of hydrogen-bond donors (Lipinski definition) is 0. The van der Waals surface area contributed by atoms with Gasteiger partial charge in [0.05, 0.1) is 0 Å². The van der Waals surface area contributed by atoms with Gasteiger partial charge in [-0.2, -0.15) is 4.31 Å². The summed E-state index contributed by atoms with van der Waals surface area (Å²) in [6.07, 6.45) is 3.41. The molecule has 7 heteroatoms. The molecule has 3 rings (SSSR count). The average molecular weight is 335 g/mol. The maximum absolute atomic E-state index is 12.4. The predicted molar refractivity (Wildman–Crippen MR) is 90.3 cm³/mol. The van der Waals surface area contributed by atoms with E-state index in [4.69, 9.17) is 0 Å². The smallest absolute Gasteiger partial charge is 0.236 e. The number of anilines is 1. The Labute approximate surface area is 134 Å². The molecular formula is C15H17N3O2S2. The van der Waals surface area contributed by atoms with E-state index in [0.717, 1.165) is 10.7 Å². The van der Waals surface area contributed by atoms with E-state index in [9.17, 15) is 8.42 Å². The summed E-state index contributed by atoms with van der Waals surface area (Å²) < 4.78 is 26.2. The van der Waals surface area contributed by atoms with Crippen molar-refractivity contribution in [2.45, 2.75) is 0 Å². The largest absolute Gasteiger partial charge is 0.345 e. The second kappa shape index (κ2) is 6.60. The molecule has 1 aliphatic heterocycles. The van der Waals surface area contributed by atoms with Crippen molar-refractivity contribution < 1.29 is 8.42 Å². The summed E-state index contributed by atoms with van der Waals surface area (Å²) in [6, 6.07) is 9.45. The van der Waals surface area contributed by atoms with Crippen LogP contribution in [0, 0.1) is 0 Å². The summed E-state index contributed by atoms with van der Waals surface area (Å²) in [5, 5.41) is 4.18. The highest BCUT2D eigenvalue weighted by atomic mass is 32.2. The van der Waals surface area contributed by atoms with Crippen LogP contribution in [0.4, 0.5) is 5.13 Å². The molecule has 1 aliphatic rings. The van der Waals surface area contributed by atoms with Crippen LogP contribution in [0.3, 0.4) is 0 Å². The fourth-order valence-electron chi connectivity index (χ4n) is 2.32. The summed E-state index contributed by atoms with van der Waals surface area (Å²) in [7, 11) is -3.36. The second-order valence-corrected chi connectivity index (χ2v) is 7.65. The second-order valence-electron chi connectivity index (χ2n) is 4.96.